The third-order valence-electron chi connectivity index (χ3n) is 6.46. The molecule has 0 saturated carbocycles. The van der Waals surface area contributed by atoms with Crippen molar-refractivity contribution >= 4 is 28.6 Å². The number of nitrogens with one attached hydrogen (secondary N) is 1. The van der Waals surface area contributed by atoms with Crippen molar-refractivity contribution in [3.63, 3.8) is 0 Å². The van der Waals surface area contributed by atoms with Crippen LogP contribution in [0.2, 0.25) is 0 Å². The number of hydrogen-bond acceptors (Lipinski definition) is 5. The number of carbonyl (C=O) groups excluding carboxylic acids is 1. The van der Waals surface area contributed by atoms with Crippen molar-refractivity contribution in [1.82, 2.24) is 14.5 Å². The predicted molar refractivity (Wildman–Crippen MR) is 138 cm³/mol. The molecule has 0 atom stereocenters. The molecular formula is C28H28F2N4O3. The minimum atomic E-state index is -2.99. The quantitative estimate of drug-likeness (QED) is 0.363. The Labute approximate surface area is 213 Å². The molecule has 0 radical (unpaired) electrons. The Hall–Kier alpha value is -3.98. The SMILES string of the molecule is COc1ccc(Nc2nc3cc(C(=O)N4CCOCC4)ccc3n2Cc2ccccc2C(C)(F)F)cc1. The van der Waals surface area contributed by atoms with Crippen molar-refractivity contribution < 1.29 is 23.0 Å². The lowest BCUT2D eigenvalue weighted by molar-refractivity contribution is 0.0164. The molecule has 9 heteroatoms. The summed E-state index contributed by atoms with van der Waals surface area (Å²) < 4.78 is 41.2. The van der Waals surface area contributed by atoms with Crippen LogP contribution in [0.3, 0.4) is 0 Å². The van der Waals surface area contributed by atoms with E-state index in [9.17, 15) is 13.6 Å². The second-order valence-electron chi connectivity index (χ2n) is 9.03. The Morgan fingerprint density at radius 1 is 1.08 bits per heavy atom. The molecule has 2 heterocycles. The molecule has 37 heavy (non-hydrogen) atoms. The number of rotatable bonds is 7. The highest BCUT2D eigenvalue weighted by Crippen LogP contribution is 2.32. The number of anilines is 2. The summed E-state index contributed by atoms with van der Waals surface area (Å²) in [6.45, 7) is 3.18. The van der Waals surface area contributed by atoms with E-state index in [0.29, 0.717) is 54.6 Å². The molecule has 1 N–H and O–H groups in total. The van der Waals surface area contributed by atoms with Crippen LogP contribution < -0.4 is 10.1 Å². The molecule has 3 aromatic carbocycles. The first-order valence-corrected chi connectivity index (χ1v) is 12.1. The largest absolute Gasteiger partial charge is 0.497 e. The number of alkyl halides is 2. The summed E-state index contributed by atoms with van der Waals surface area (Å²) in [6.07, 6.45) is 0. The fourth-order valence-electron chi connectivity index (χ4n) is 4.53. The van der Waals surface area contributed by atoms with E-state index in [1.54, 1.807) is 42.3 Å². The van der Waals surface area contributed by atoms with Gasteiger partial charge in [0, 0.05) is 36.8 Å². The van der Waals surface area contributed by atoms with Crippen LogP contribution in [0.5, 0.6) is 5.75 Å². The maximum atomic E-state index is 14.4. The smallest absolute Gasteiger partial charge is 0.270 e. The van der Waals surface area contributed by atoms with Gasteiger partial charge in [0.05, 0.1) is 37.9 Å². The Kier molecular flexibility index (Phi) is 6.80. The molecule has 1 aliphatic heterocycles. The van der Waals surface area contributed by atoms with Crippen molar-refractivity contribution in [2.45, 2.75) is 19.4 Å². The van der Waals surface area contributed by atoms with E-state index in [4.69, 9.17) is 14.5 Å². The zero-order valence-corrected chi connectivity index (χ0v) is 20.7. The number of hydrogen-bond donors (Lipinski definition) is 1. The fraction of sp³-hybridized carbons (Fsp3) is 0.286. The summed E-state index contributed by atoms with van der Waals surface area (Å²) >= 11 is 0. The lowest BCUT2D eigenvalue weighted by Gasteiger charge is -2.26. The third kappa shape index (κ3) is 5.27. The van der Waals surface area contributed by atoms with E-state index in [0.717, 1.165) is 18.1 Å². The predicted octanol–water partition coefficient (Wildman–Crippen LogP) is 5.42. The lowest BCUT2D eigenvalue weighted by atomic mass is 10.0. The van der Waals surface area contributed by atoms with Gasteiger partial charge >= 0.3 is 0 Å². The van der Waals surface area contributed by atoms with E-state index in [1.165, 1.54) is 6.07 Å². The zero-order valence-electron chi connectivity index (χ0n) is 20.7. The first-order valence-electron chi connectivity index (χ1n) is 12.1. The van der Waals surface area contributed by atoms with Crippen LogP contribution in [0, 0.1) is 0 Å². The van der Waals surface area contributed by atoms with E-state index in [-0.39, 0.29) is 18.0 Å². The summed E-state index contributed by atoms with van der Waals surface area (Å²) in [7, 11) is 1.60. The standard InChI is InChI=1S/C28H28F2N4O3/c1-28(29,30)23-6-4-3-5-20(23)18-34-25-12-7-19(26(35)33-13-15-37-16-14-33)17-24(25)32-27(34)31-21-8-10-22(36-2)11-9-21/h3-12,17H,13-16,18H2,1-2H3,(H,31,32). The fourth-order valence-corrected chi connectivity index (χ4v) is 4.53. The molecule has 1 saturated heterocycles. The number of ether oxygens (including phenoxy) is 2. The van der Waals surface area contributed by atoms with Crippen molar-refractivity contribution in [1.29, 1.82) is 0 Å². The van der Waals surface area contributed by atoms with Gasteiger partial charge < -0.3 is 24.3 Å². The maximum Gasteiger partial charge on any atom is 0.270 e. The minimum Gasteiger partial charge on any atom is -0.497 e. The number of carbonyl (C=O) groups is 1. The molecule has 192 valence electrons. The van der Waals surface area contributed by atoms with Crippen LogP contribution in [0.15, 0.2) is 66.7 Å². The van der Waals surface area contributed by atoms with Gasteiger partial charge in [-0.25, -0.2) is 13.8 Å². The molecule has 5 rings (SSSR count). The number of amides is 1. The van der Waals surface area contributed by atoms with Crippen molar-refractivity contribution in [3.05, 3.63) is 83.4 Å². The Bertz CT molecular complexity index is 1410. The maximum absolute atomic E-state index is 14.4. The molecular weight excluding hydrogens is 478 g/mol. The number of benzene rings is 3. The van der Waals surface area contributed by atoms with E-state index in [2.05, 4.69) is 5.32 Å². The number of halogens is 2. The number of morpholine rings is 1. The van der Waals surface area contributed by atoms with Crippen LogP contribution in [-0.4, -0.2) is 53.8 Å². The average Bonchev–Trinajstić information content (AvgIpc) is 3.24. The molecule has 4 aromatic rings. The van der Waals surface area contributed by atoms with E-state index in [1.807, 2.05) is 34.9 Å². The molecule has 0 bridgehead atoms. The van der Waals surface area contributed by atoms with E-state index >= 15 is 0 Å². The molecule has 7 nitrogen and oxygen atoms in total. The summed E-state index contributed by atoms with van der Waals surface area (Å²) in [5.41, 5.74) is 3.05. The molecule has 1 aromatic heterocycles. The van der Waals surface area contributed by atoms with Gasteiger partial charge in [-0.15, -0.1) is 0 Å². The summed E-state index contributed by atoms with van der Waals surface area (Å²) in [4.78, 5) is 19.6. The van der Waals surface area contributed by atoms with Gasteiger partial charge in [0.15, 0.2) is 0 Å². The second-order valence-corrected chi connectivity index (χ2v) is 9.03. The van der Waals surface area contributed by atoms with Crippen LogP contribution in [0.1, 0.15) is 28.4 Å². The molecule has 0 aliphatic carbocycles. The third-order valence-corrected chi connectivity index (χ3v) is 6.46. The van der Waals surface area contributed by atoms with Crippen LogP contribution >= 0.6 is 0 Å². The molecule has 1 fully saturated rings. The highest BCUT2D eigenvalue weighted by Gasteiger charge is 2.28. The van der Waals surface area contributed by atoms with Gasteiger partial charge in [0.25, 0.3) is 11.8 Å². The monoisotopic (exact) mass is 506 g/mol. The normalized spacial score (nSPS) is 14.1. The van der Waals surface area contributed by atoms with E-state index < -0.39 is 5.92 Å². The summed E-state index contributed by atoms with van der Waals surface area (Å²) in [6, 6.07) is 19.2. The molecule has 1 amide bonds. The summed E-state index contributed by atoms with van der Waals surface area (Å²) in [5, 5.41) is 3.30. The number of imidazole rings is 1. The second kappa shape index (κ2) is 10.2. The van der Waals surface area contributed by atoms with Gasteiger partial charge in [0.2, 0.25) is 5.95 Å². The average molecular weight is 507 g/mol. The van der Waals surface area contributed by atoms with Crippen LogP contribution in [0.4, 0.5) is 20.4 Å². The van der Waals surface area contributed by atoms with Crippen LogP contribution in [0.25, 0.3) is 11.0 Å². The first-order chi connectivity index (χ1) is 17.8. The highest BCUT2D eigenvalue weighted by atomic mass is 19.3. The lowest BCUT2D eigenvalue weighted by Crippen LogP contribution is -2.40. The van der Waals surface area contributed by atoms with Crippen molar-refractivity contribution in [2.75, 3.05) is 38.7 Å². The van der Waals surface area contributed by atoms with Crippen LogP contribution in [-0.2, 0) is 17.2 Å². The number of methoxy groups -OCH3 is 1. The topological polar surface area (TPSA) is 68.6 Å². The Balaban J connectivity index is 1.56. The van der Waals surface area contributed by atoms with Gasteiger partial charge in [-0.3, -0.25) is 4.79 Å². The van der Waals surface area contributed by atoms with Gasteiger partial charge in [-0.05, 0) is 48.0 Å². The number of fused-ring (bicyclic) bond motifs is 1. The minimum absolute atomic E-state index is 0.0358. The molecule has 0 unspecified atom stereocenters. The molecule has 1 aliphatic rings. The Morgan fingerprint density at radius 3 is 2.51 bits per heavy atom. The van der Waals surface area contributed by atoms with Gasteiger partial charge in [0.1, 0.15) is 5.75 Å². The van der Waals surface area contributed by atoms with Crippen molar-refractivity contribution in [3.8, 4) is 5.75 Å². The highest BCUT2D eigenvalue weighted by molar-refractivity contribution is 5.98. The number of nitrogens with zero attached hydrogens (tertiary/aromatic N) is 3. The van der Waals surface area contributed by atoms with Gasteiger partial charge in [-0.2, -0.15) is 0 Å². The summed E-state index contributed by atoms with van der Waals surface area (Å²) in [5.74, 6) is -1.89. The van der Waals surface area contributed by atoms with Crippen molar-refractivity contribution in [2.24, 2.45) is 0 Å². The van der Waals surface area contributed by atoms with Gasteiger partial charge in [-0.1, -0.05) is 24.3 Å². The zero-order chi connectivity index (χ0) is 26.0. The first kappa shape index (κ1) is 24.7. The Morgan fingerprint density at radius 2 is 1.81 bits per heavy atom. The number of aromatic nitrogens is 2. The molecule has 0 spiro atoms.